The Hall–Kier alpha value is -1.25. The molecule has 2 rings (SSSR count). The summed E-state index contributed by atoms with van der Waals surface area (Å²) in [6.07, 6.45) is 1.37. The average molecular weight is 326 g/mol. The Bertz CT molecular complexity index is 508. The number of benzene rings is 1. The predicted molar refractivity (Wildman–Crippen MR) is 74.3 cm³/mol. The first-order valence-corrected chi connectivity index (χ1v) is 6.90. The molecule has 0 spiro atoms. The van der Waals surface area contributed by atoms with Crippen LogP contribution in [0.15, 0.2) is 16.6 Å². The minimum Gasteiger partial charge on any atom is -0.493 e. The second-order valence-corrected chi connectivity index (χ2v) is 5.53. The van der Waals surface area contributed by atoms with Gasteiger partial charge in [-0.1, -0.05) is 0 Å². The molecule has 1 aromatic carbocycles. The van der Waals surface area contributed by atoms with Crippen molar-refractivity contribution in [3.8, 4) is 17.6 Å². The number of rotatable bonds is 5. The average Bonchev–Trinajstić information content (AvgIpc) is 3.23. The number of nitrogens with zero attached hydrogens (tertiary/aromatic N) is 1. The number of aliphatic hydroxyl groups excluding tert-OH is 1. The number of nitriles is 1. The maximum Gasteiger partial charge on any atom is 0.174 e. The predicted octanol–water partition coefficient (Wildman–Crippen LogP) is 2.84. The van der Waals surface area contributed by atoms with Crippen LogP contribution in [0.1, 0.15) is 24.3 Å². The maximum absolute atomic E-state index is 10.2. The Kier molecular flexibility index (Phi) is 4.33. The molecular weight excluding hydrogens is 310 g/mol. The minimum atomic E-state index is -0.616. The fraction of sp³-hybridized carbons (Fsp3) is 0.500. The molecule has 2 atom stereocenters. The molecule has 0 aromatic heterocycles. The molecule has 2 unspecified atom stereocenters. The highest BCUT2D eigenvalue weighted by molar-refractivity contribution is 9.10. The first-order valence-electron chi connectivity index (χ1n) is 6.11. The second-order valence-electron chi connectivity index (χ2n) is 4.67. The normalized spacial score (nSPS) is 17.4. The van der Waals surface area contributed by atoms with Crippen LogP contribution in [0, 0.1) is 17.2 Å². The smallest absolute Gasteiger partial charge is 0.174 e. The molecule has 1 fully saturated rings. The lowest BCUT2D eigenvalue weighted by Gasteiger charge is -2.19. The van der Waals surface area contributed by atoms with Gasteiger partial charge < -0.3 is 14.6 Å². The van der Waals surface area contributed by atoms with E-state index in [0.717, 1.165) is 18.4 Å². The van der Waals surface area contributed by atoms with Crippen molar-refractivity contribution >= 4 is 15.9 Å². The van der Waals surface area contributed by atoms with Gasteiger partial charge in [0.1, 0.15) is 0 Å². The SMILES string of the molecule is COc1cc(C(C#N)C(O)C2CC2)cc(Br)c1OC. The van der Waals surface area contributed by atoms with Gasteiger partial charge in [0.2, 0.25) is 0 Å². The molecule has 102 valence electrons. The van der Waals surface area contributed by atoms with Gasteiger partial charge in [0.15, 0.2) is 11.5 Å². The zero-order valence-corrected chi connectivity index (χ0v) is 12.5. The van der Waals surface area contributed by atoms with E-state index in [1.807, 2.05) is 0 Å². The van der Waals surface area contributed by atoms with Gasteiger partial charge in [-0.05, 0) is 52.4 Å². The van der Waals surface area contributed by atoms with Crippen molar-refractivity contribution in [2.24, 2.45) is 5.92 Å². The maximum atomic E-state index is 10.2. The number of aliphatic hydroxyl groups is 1. The standard InChI is InChI=1S/C14H16BrNO3/c1-18-12-6-9(5-11(15)14(12)19-2)10(7-16)13(17)8-3-4-8/h5-6,8,10,13,17H,3-4H2,1-2H3. The van der Waals surface area contributed by atoms with Crippen molar-refractivity contribution in [3.05, 3.63) is 22.2 Å². The van der Waals surface area contributed by atoms with Gasteiger partial charge >= 0.3 is 0 Å². The van der Waals surface area contributed by atoms with Crippen LogP contribution >= 0.6 is 15.9 Å². The number of hydrogen-bond acceptors (Lipinski definition) is 4. The molecule has 19 heavy (non-hydrogen) atoms. The van der Waals surface area contributed by atoms with Crippen LogP contribution in [0.4, 0.5) is 0 Å². The molecule has 4 nitrogen and oxygen atoms in total. The molecule has 1 aromatic rings. The number of ether oxygens (including phenoxy) is 2. The molecular formula is C14H16BrNO3. The third kappa shape index (κ3) is 2.85. The van der Waals surface area contributed by atoms with Crippen molar-refractivity contribution in [1.82, 2.24) is 0 Å². The molecule has 5 heteroatoms. The van der Waals surface area contributed by atoms with E-state index in [1.54, 1.807) is 26.4 Å². The van der Waals surface area contributed by atoms with Crippen molar-refractivity contribution in [2.45, 2.75) is 24.9 Å². The number of methoxy groups -OCH3 is 2. The first-order chi connectivity index (χ1) is 9.12. The van der Waals surface area contributed by atoms with Crippen LogP contribution in [-0.2, 0) is 0 Å². The van der Waals surface area contributed by atoms with Gasteiger partial charge in [-0.15, -0.1) is 0 Å². The van der Waals surface area contributed by atoms with E-state index in [4.69, 9.17) is 9.47 Å². The molecule has 0 radical (unpaired) electrons. The Morgan fingerprint density at radius 2 is 2.05 bits per heavy atom. The van der Waals surface area contributed by atoms with Crippen LogP contribution in [0.5, 0.6) is 11.5 Å². The largest absolute Gasteiger partial charge is 0.493 e. The summed E-state index contributed by atoms with van der Waals surface area (Å²) in [5, 5.41) is 19.5. The van der Waals surface area contributed by atoms with Crippen LogP contribution < -0.4 is 9.47 Å². The zero-order valence-electron chi connectivity index (χ0n) is 10.9. The lowest BCUT2D eigenvalue weighted by molar-refractivity contribution is 0.138. The highest BCUT2D eigenvalue weighted by Gasteiger charge is 2.36. The number of halogens is 1. The van der Waals surface area contributed by atoms with E-state index in [0.29, 0.717) is 16.0 Å². The summed E-state index contributed by atoms with van der Waals surface area (Å²) in [6, 6.07) is 5.75. The van der Waals surface area contributed by atoms with Crippen molar-refractivity contribution in [3.63, 3.8) is 0 Å². The molecule has 0 amide bonds. The molecule has 1 aliphatic carbocycles. The van der Waals surface area contributed by atoms with E-state index in [9.17, 15) is 10.4 Å². The third-order valence-electron chi connectivity index (χ3n) is 3.40. The molecule has 1 aliphatic rings. The van der Waals surface area contributed by atoms with Crippen molar-refractivity contribution in [1.29, 1.82) is 5.26 Å². The summed E-state index contributed by atoms with van der Waals surface area (Å²) in [7, 11) is 3.11. The quantitative estimate of drug-likeness (QED) is 0.904. The van der Waals surface area contributed by atoms with E-state index in [1.165, 1.54) is 0 Å². The van der Waals surface area contributed by atoms with Crippen LogP contribution in [0.3, 0.4) is 0 Å². The van der Waals surface area contributed by atoms with Crippen molar-refractivity contribution in [2.75, 3.05) is 14.2 Å². The minimum absolute atomic E-state index is 0.247. The fourth-order valence-corrected chi connectivity index (χ4v) is 2.80. The summed E-state index contributed by atoms with van der Waals surface area (Å²) in [5.41, 5.74) is 0.742. The Labute approximate surface area is 121 Å². The van der Waals surface area contributed by atoms with Gasteiger partial charge in [0.05, 0.1) is 36.8 Å². The van der Waals surface area contributed by atoms with Gasteiger partial charge in [-0.3, -0.25) is 0 Å². The molecule has 0 bridgehead atoms. The summed E-state index contributed by atoms with van der Waals surface area (Å²) in [4.78, 5) is 0. The molecule has 0 heterocycles. The molecule has 0 aliphatic heterocycles. The van der Waals surface area contributed by atoms with E-state index in [2.05, 4.69) is 22.0 Å². The first kappa shape index (κ1) is 14.2. The van der Waals surface area contributed by atoms with Crippen LogP contribution in [0.25, 0.3) is 0 Å². The molecule has 0 saturated heterocycles. The monoisotopic (exact) mass is 325 g/mol. The fourth-order valence-electron chi connectivity index (χ4n) is 2.18. The highest BCUT2D eigenvalue weighted by atomic mass is 79.9. The van der Waals surface area contributed by atoms with Crippen LogP contribution in [-0.4, -0.2) is 25.4 Å². The lowest BCUT2D eigenvalue weighted by atomic mass is 9.92. The Morgan fingerprint density at radius 3 is 2.53 bits per heavy atom. The van der Waals surface area contributed by atoms with Gasteiger partial charge in [-0.25, -0.2) is 0 Å². The van der Waals surface area contributed by atoms with Gasteiger partial charge in [0.25, 0.3) is 0 Å². The third-order valence-corrected chi connectivity index (χ3v) is 3.99. The Balaban J connectivity index is 2.38. The summed E-state index contributed by atoms with van der Waals surface area (Å²) >= 11 is 3.40. The van der Waals surface area contributed by atoms with E-state index < -0.39 is 12.0 Å². The summed E-state index contributed by atoms with van der Waals surface area (Å²) in [6.45, 7) is 0. The van der Waals surface area contributed by atoms with Crippen LogP contribution in [0.2, 0.25) is 0 Å². The lowest BCUT2D eigenvalue weighted by Crippen LogP contribution is -2.19. The summed E-state index contributed by atoms with van der Waals surface area (Å²) < 4.78 is 11.2. The number of hydrogen-bond donors (Lipinski definition) is 1. The highest BCUT2D eigenvalue weighted by Crippen LogP contribution is 2.42. The van der Waals surface area contributed by atoms with E-state index in [-0.39, 0.29) is 5.92 Å². The zero-order chi connectivity index (χ0) is 14.0. The second kappa shape index (κ2) is 5.81. The van der Waals surface area contributed by atoms with Gasteiger partial charge in [0, 0.05) is 0 Å². The van der Waals surface area contributed by atoms with E-state index >= 15 is 0 Å². The molecule has 1 saturated carbocycles. The summed E-state index contributed by atoms with van der Waals surface area (Å²) in [5.74, 6) is 0.846. The Morgan fingerprint density at radius 1 is 1.37 bits per heavy atom. The molecule has 1 N–H and O–H groups in total. The van der Waals surface area contributed by atoms with Gasteiger partial charge in [-0.2, -0.15) is 5.26 Å². The topological polar surface area (TPSA) is 62.5 Å². The van der Waals surface area contributed by atoms with Crippen molar-refractivity contribution < 1.29 is 14.6 Å².